The fraction of sp³-hybridized carbons (Fsp3) is 0.257. The number of aromatic nitrogens is 2. The zero-order valence-corrected chi connectivity index (χ0v) is 24.3. The van der Waals surface area contributed by atoms with E-state index < -0.39 is 0 Å². The van der Waals surface area contributed by atoms with Crippen LogP contribution >= 0.6 is 0 Å². The van der Waals surface area contributed by atoms with Crippen LogP contribution in [-0.4, -0.2) is 29.7 Å². The lowest BCUT2D eigenvalue weighted by Crippen LogP contribution is -2.32. The van der Waals surface area contributed by atoms with Crippen LogP contribution in [0, 0.1) is 0 Å². The fourth-order valence-electron chi connectivity index (χ4n) is 5.01. The average Bonchev–Trinajstić information content (AvgIpc) is 3.34. The molecule has 1 unspecified atom stereocenters. The molecular weight excluding hydrogens is 510 g/mol. The van der Waals surface area contributed by atoms with E-state index >= 15 is 0 Å². The minimum atomic E-state index is -0.376. The molecule has 0 fully saturated rings. The SMILES string of the molecule is COc1ccc(C(=O)NC(Cc2ccccc2)c2nc3ccc(OC)cc3n2Cc2ccc(C(C)(C)C)cc2)cc1. The van der Waals surface area contributed by atoms with E-state index in [0.29, 0.717) is 24.3 Å². The number of hydrogen-bond donors (Lipinski definition) is 1. The summed E-state index contributed by atoms with van der Waals surface area (Å²) in [4.78, 5) is 18.6. The van der Waals surface area contributed by atoms with E-state index in [-0.39, 0.29) is 17.4 Å². The number of rotatable bonds is 9. The van der Waals surface area contributed by atoms with Gasteiger partial charge in [0.15, 0.2) is 0 Å². The monoisotopic (exact) mass is 547 g/mol. The summed E-state index contributed by atoms with van der Waals surface area (Å²) in [5.41, 5.74) is 5.99. The maximum Gasteiger partial charge on any atom is 0.251 e. The largest absolute Gasteiger partial charge is 0.497 e. The van der Waals surface area contributed by atoms with Gasteiger partial charge in [-0.3, -0.25) is 4.79 Å². The number of hydrogen-bond acceptors (Lipinski definition) is 4. The average molecular weight is 548 g/mol. The van der Waals surface area contributed by atoms with Gasteiger partial charge in [0.25, 0.3) is 5.91 Å². The first-order valence-electron chi connectivity index (χ1n) is 13.9. The summed E-state index contributed by atoms with van der Waals surface area (Å²) in [6, 6.07) is 31.6. The van der Waals surface area contributed by atoms with Crippen molar-refractivity contribution >= 4 is 16.9 Å². The molecule has 5 rings (SSSR count). The van der Waals surface area contributed by atoms with Crippen LogP contribution in [0.5, 0.6) is 11.5 Å². The molecule has 210 valence electrons. The first kappa shape index (κ1) is 28.0. The predicted molar refractivity (Wildman–Crippen MR) is 164 cm³/mol. The van der Waals surface area contributed by atoms with Gasteiger partial charge in [-0.15, -0.1) is 0 Å². The number of nitrogens with one attached hydrogen (secondary N) is 1. The molecule has 0 aliphatic heterocycles. The number of carbonyl (C=O) groups is 1. The van der Waals surface area contributed by atoms with Gasteiger partial charge in [-0.05, 0) is 64.9 Å². The van der Waals surface area contributed by atoms with Crippen molar-refractivity contribution in [2.24, 2.45) is 0 Å². The lowest BCUT2D eigenvalue weighted by atomic mass is 9.87. The highest BCUT2D eigenvalue weighted by atomic mass is 16.5. The van der Waals surface area contributed by atoms with Gasteiger partial charge in [0.1, 0.15) is 17.3 Å². The van der Waals surface area contributed by atoms with Crippen LogP contribution in [0.1, 0.15) is 59.7 Å². The van der Waals surface area contributed by atoms with E-state index in [0.717, 1.165) is 33.7 Å². The highest BCUT2D eigenvalue weighted by Crippen LogP contribution is 2.29. The second kappa shape index (κ2) is 11.9. The molecule has 5 aromatic rings. The molecule has 0 saturated heterocycles. The van der Waals surface area contributed by atoms with Gasteiger partial charge in [-0.1, -0.05) is 75.4 Å². The van der Waals surface area contributed by atoms with Gasteiger partial charge in [0, 0.05) is 18.2 Å². The summed E-state index contributed by atoms with van der Waals surface area (Å²) >= 11 is 0. The molecule has 1 amide bonds. The van der Waals surface area contributed by atoms with E-state index in [4.69, 9.17) is 14.5 Å². The zero-order valence-electron chi connectivity index (χ0n) is 24.3. The Labute approximate surface area is 242 Å². The Bertz CT molecular complexity index is 1620. The Morgan fingerprint density at radius 1 is 0.829 bits per heavy atom. The Hall–Kier alpha value is -4.58. The topological polar surface area (TPSA) is 65.4 Å². The molecule has 1 N–H and O–H groups in total. The van der Waals surface area contributed by atoms with Gasteiger partial charge >= 0.3 is 0 Å². The smallest absolute Gasteiger partial charge is 0.251 e. The molecule has 0 radical (unpaired) electrons. The Morgan fingerprint density at radius 3 is 2.12 bits per heavy atom. The molecule has 0 aliphatic carbocycles. The Morgan fingerprint density at radius 2 is 1.49 bits per heavy atom. The van der Waals surface area contributed by atoms with Crippen molar-refractivity contribution in [2.45, 2.75) is 45.2 Å². The van der Waals surface area contributed by atoms with Gasteiger partial charge in [-0.25, -0.2) is 4.98 Å². The van der Waals surface area contributed by atoms with E-state index in [1.165, 1.54) is 5.56 Å². The van der Waals surface area contributed by atoms with Crippen molar-refractivity contribution in [1.29, 1.82) is 0 Å². The lowest BCUT2D eigenvalue weighted by Gasteiger charge is -2.22. The van der Waals surface area contributed by atoms with Crippen LogP contribution in [0.3, 0.4) is 0 Å². The first-order valence-corrected chi connectivity index (χ1v) is 13.9. The summed E-state index contributed by atoms with van der Waals surface area (Å²) < 4.78 is 13.0. The van der Waals surface area contributed by atoms with Crippen molar-refractivity contribution in [1.82, 2.24) is 14.9 Å². The van der Waals surface area contributed by atoms with Crippen LogP contribution < -0.4 is 14.8 Å². The molecular formula is C35H37N3O3. The summed E-state index contributed by atoms with van der Waals surface area (Å²) in [6.45, 7) is 7.26. The molecule has 0 spiro atoms. The maximum atomic E-state index is 13.5. The number of ether oxygens (including phenoxy) is 2. The van der Waals surface area contributed by atoms with Crippen LogP contribution in [0.2, 0.25) is 0 Å². The second-order valence-corrected chi connectivity index (χ2v) is 11.3. The van der Waals surface area contributed by atoms with Crippen LogP contribution in [0.25, 0.3) is 11.0 Å². The van der Waals surface area contributed by atoms with Gasteiger partial charge < -0.3 is 19.4 Å². The third kappa shape index (κ3) is 6.43. The highest BCUT2D eigenvalue weighted by Gasteiger charge is 2.24. The number of methoxy groups -OCH3 is 2. The Kier molecular flexibility index (Phi) is 8.11. The van der Waals surface area contributed by atoms with Crippen molar-refractivity contribution in [3.8, 4) is 11.5 Å². The summed E-state index contributed by atoms with van der Waals surface area (Å²) in [7, 11) is 3.28. The Balaban J connectivity index is 1.58. The third-order valence-electron chi connectivity index (χ3n) is 7.40. The number of carbonyl (C=O) groups excluding carboxylic acids is 1. The number of benzene rings is 4. The molecule has 0 bridgehead atoms. The summed E-state index contributed by atoms with van der Waals surface area (Å²) in [6.07, 6.45) is 0.589. The van der Waals surface area contributed by atoms with Crippen molar-refractivity contribution in [2.75, 3.05) is 14.2 Å². The van der Waals surface area contributed by atoms with Gasteiger partial charge in [-0.2, -0.15) is 0 Å². The van der Waals surface area contributed by atoms with Gasteiger partial charge in [0.05, 0.1) is 31.3 Å². The lowest BCUT2D eigenvalue weighted by molar-refractivity contribution is 0.0934. The normalized spacial score (nSPS) is 12.2. The first-order chi connectivity index (χ1) is 19.7. The van der Waals surface area contributed by atoms with Crippen molar-refractivity contribution < 1.29 is 14.3 Å². The predicted octanol–water partition coefficient (Wildman–Crippen LogP) is 7.11. The molecule has 1 heterocycles. The number of fused-ring (bicyclic) bond motifs is 1. The molecule has 41 heavy (non-hydrogen) atoms. The second-order valence-electron chi connectivity index (χ2n) is 11.3. The van der Waals surface area contributed by atoms with Crippen LogP contribution in [0.15, 0.2) is 97.1 Å². The molecule has 0 aliphatic rings. The van der Waals surface area contributed by atoms with Crippen molar-refractivity contribution in [3.63, 3.8) is 0 Å². The summed E-state index contributed by atoms with van der Waals surface area (Å²) in [5, 5.41) is 3.29. The number of imidazole rings is 1. The highest BCUT2D eigenvalue weighted by molar-refractivity contribution is 5.94. The molecule has 1 atom stereocenters. The van der Waals surface area contributed by atoms with E-state index in [9.17, 15) is 4.79 Å². The molecule has 6 nitrogen and oxygen atoms in total. The third-order valence-corrected chi connectivity index (χ3v) is 7.40. The molecule has 1 aromatic heterocycles. The van der Waals surface area contributed by atoms with Gasteiger partial charge in [0.2, 0.25) is 0 Å². The number of nitrogens with zero attached hydrogens (tertiary/aromatic N) is 2. The van der Waals surface area contributed by atoms with E-state index in [1.54, 1.807) is 38.5 Å². The van der Waals surface area contributed by atoms with Crippen LogP contribution in [0.4, 0.5) is 0 Å². The minimum Gasteiger partial charge on any atom is -0.497 e. The summed E-state index contributed by atoms with van der Waals surface area (Å²) in [5.74, 6) is 2.09. The van der Waals surface area contributed by atoms with Crippen LogP contribution in [-0.2, 0) is 18.4 Å². The maximum absolute atomic E-state index is 13.5. The quantitative estimate of drug-likeness (QED) is 0.214. The zero-order chi connectivity index (χ0) is 29.0. The van der Waals surface area contributed by atoms with Crippen molar-refractivity contribution in [3.05, 3.63) is 125 Å². The van der Waals surface area contributed by atoms with E-state index in [2.05, 4.69) is 67.1 Å². The molecule has 4 aromatic carbocycles. The number of amides is 1. The molecule has 0 saturated carbocycles. The minimum absolute atomic E-state index is 0.0747. The standard InChI is InChI=1S/C35H37N3O3/c1-35(2,3)27-15-11-25(12-16-27)23-38-32-22-29(41-5)19-20-30(32)36-33(38)31(21-24-9-7-6-8-10-24)37-34(39)26-13-17-28(40-4)18-14-26/h6-20,22,31H,21,23H2,1-5H3,(H,37,39). The van der Waals surface area contributed by atoms with E-state index in [1.807, 2.05) is 36.4 Å². The fourth-order valence-corrected chi connectivity index (χ4v) is 5.01. The molecule has 6 heteroatoms.